The van der Waals surface area contributed by atoms with Crippen LogP contribution in [-0.2, 0) is 6.42 Å². The van der Waals surface area contributed by atoms with E-state index in [1.165, 1.54) is 6.20 Å². The van der Waals surface area contributed by atoms with E-state index in [0.717, 1.165) is 17.8 Å². The van der Waals surface area contributed by atoms with Crippen LogP contribution < -0.4 is 0 Å². The molecule has 0 radical (unpaired) electrons. The summed E-state index contributed by atoms with van der Waals surface area (Å²) in [6.07, 6.45) is 3.04. The number of aromatic nitrogens is 2. The molecule has 18 heavy (non-hydrogen) atoms. The van der Waals surface area contributed by atoms with E-state index in [2.05, 4.69) is 9.97 Å². The molecule has 0 bridgehead atoms. The molecule has 0 amide bonds. The second kappa shape index (κ2) is 5.46. The smallest absolute Gasteiger partial charge is 0.347 e. The van der Waals surface area contributed by atoms with Gasteiger partial charge in [0.1, 0.15) is 9.88 Å². The second-order valence-electron chi connectivity index (χ2n) is 3.71. The predicted octanol–water partition coefficient (Wildman–Crippen LogP) is 3.51. The van der Waals surface area contributed by atoms with Crippen molar-refractivity contribution < 1.29 is 9.90 Å². The fourth-order valence-corrected chi connectivity index (χ4v) is 2.58. The lowest BCUT2D eigenvalue weighted by atomic mass is 10.2. The Balaban J connectivity index is 2.42. The van der Waals surface area contributed by atoms with E-state index in [0.29, 0.717) is 32.7 Å². The molecule has 2 aromatic rings. The first-order valence-corrected chi connectivity index (χ1v) is 6.66. The van der Waals surface area contributed by atoms with Crippen molar-refractivity contribution >= 4 is 28.9 Å². The molecule has 0 aliphatic carbocycles. The second-order valence-corrected chi connectivity index (χ2v) is 5.15. The number of halogens is 1. The summed E-state index contributed by atoms with van der Waals surface area (Å²) in [7, 11) is 0. The number of carboxylic acids is 1. The van der Waals surface area contributed by atoms with Gasteiger partial charge in [-0.25, -0.2) is 9.78 Å². The molecule has 2 rings (SSSR count). The SMILES string of the molecule is CCCc1nc(-c2ccc(Cl)cn2)sc1C(=O)O. The summed E-state index contributed by atoms with van der Waals surface area (Å²) < 4.78 is 0. The first-order chi connectivity index (χ1) is 8.61. The summed E-state index contributed by atoms with van der Waals surface area (Å²) in [4.78, 5) is 19.9. The molecule has 0 saturated carbocycles. The highest BCUT2D eigenvalue weighted by Crippen LogP contribution is 2.28. The molecule has 0 aromatic carbocycles. The number of aryl methyl sites for hydroxylation is 1. The first kappa shape index (κ1) is 13.0. The fourth-order valence-electron chi connectivity index (χ4n) is 1.54. The van der Waals surface area contributed by atoms with Crippen LogP contribution in [0.2, 0.25) is 5.02 Å². The normalized spacial score (nSPS) is 10.6. The van der Waals surface area contributed by atoms with Gasteiger partial charge in [-0.3, -0.25) is 4.98 Å². The maximum atomic E-state index is 11.1. The largest absolute Gasteiger partial charge is 0.477 e. The van der Waals surface area contributed by atoms with Gasteiger partial charge < -0.3 is 5.11 Å². The first-order valence-electron chi connectivity index (χ1n) is 5.46. The number of carbonyl (C=O) groups is 1. The van der Waals surface area contributed by atoms with Crippen molar-refractivity contribution in [2.24, 2.45) is 0 Å². The van der Waals surface area contributed by atoms with Gasteiger partial charge in [0.2, 0.25) is 0 Å². The number of thiazole rings is 1. The molecule has 6 heteroatoms. The fraction of sp³-hybridized carbons (Fsp3) is 0.250. The zero-order chi connectivity index (χ0) is 13.1. The Bertz CT molecular complexity index is 566. The standard InChI is InChI=1S/C12H11ClN2O2S/c1-2-3-8-10(12(16)17)18-11(15-8)9-5-4-7(13)6-14-9/h4-6H,2-3H2,1H3,(H,16,17). The van der Waals surface area contributed by atoms with Crippen LogP contribution in [0.3, 0.4) is 0 Å². The maximum absolute atomic E-state index is 11.1. The van der Waals surface area contributed by atoms with Crippen molar-refractivity contribution in [2.75, 3.05) is 0 Å². The number of aromatic carboxylic acids is 1. The van der Waals surface area contributed by atoms with Crippen molar-refractivity contribution in [3.8, 4) is 10.7 Å². The highest BCUT2D eigenvalue weighted by molar-refractivity contribution is 7.17. The van der Waals surface area contributed by atoms with Gasteiger partial charge in [-0.05, 0) is 18.6 Å². The molecule has 0 spiro atoms. The number of pyridine rings is 1. The molecule has 0 atom stereocenters. The van der Waals surface area contributed by atoms with Gasteiger partial charge in [-0.2, -0.15) is 0 Å². The van der Waals surface area contributed by atoms with E-state index in [1.54, 1.807) is 12.1 Å². The van der Waals surface area contributed by atoms with Gasteiger partial charge in [0, 0.05) is 6.20 Å². The van der Waals surface area contributed by atoms with Crippen LogP contribution in [0, 0.1) is 0 Å². The van der Waals surface area contributed by atoms with E-state index in [4.69, 9.17) is 16.7 Å². The molecule has 4 nitrogen and oxygen atoms in total. The van der Waals surface area contributed by atoms with E-state index in [1.807, 2.05) is 6.92 Å². The Hall–Kier alpha value is -1.46. The number of hydrogen-bond acceptors (Lipinski definition) is 4. The van der Waals surface area contributed by atoms with Crippen molar-refractivity contribution in [1.29, 1.82) is 0 Å². The topological polar surface area (TPSA) is 63.1 Å². The number of hydrogen-bond donors (Lipinski definition) is 1. The van der Waals surface area contributed by atoms with Crippen molar-refractivity contribution in [3.05, 3.63) is 33.9 Å². The van der Waals surface area contributed by atoms with Gasteiger partial charge in [-0.1, -0.05) is 24.9 Å². The molecule has 94 valence electrons. The van der Waals surface area contributed by atoms with Crippen LogP contribution in [0.15, 0.2) is 18.3 Å². The summed E-state index contributed by atoms with van der Waals surface area (Å²) >= 11 is 6.91. The molecule has 0 aliphatic heterocycles. The number of carboxylic acid groups (broad SMARTS) is 1. The van der Waals surface area contributed by atoms with Crippen LogP contribution in [0.25, 0.3) is 10.7 Å². The quantitative estimate of drug-likeness (QED) is 0.932. The lowest BCUT2D eigenvalue weighted by molar-refractivity contribution is 0.0700. The number of rotatable bonds is 4. The highest BCUT2D eigenvalue weighted by atomic mass is 35.5. The molecular weight excluding hydrogens is 272 g/mol. The lowest BCUT2D eigenvalue weighted by Crippen LogP contribution is -1.98. The van der Waals surface area contributed by atoms with Crippen LogP contribution >= 0.6 is 22.9 Å². The minimum Gasteiger partial charge on any atom is -0.477 e. The molecule has 1 N–H and O–H groups in total. The molecule has 0 fully saturated rings. The minimum atomic E-state index is -0.934. The summed E-state index contributed by atoms with van der Waals surface area (Å²) in [6.45, 7) is 1.99. The summed E-state index contributed by atoms with van der Waals surface area (Å²) in [5.74, 6) is -0.934. The van der Waals surface area contributed by atoms with Crippen LogP contribution in [-0.4, -0.2) is 21.0 Å². The highest BCUT2D eigenvalue weighted by Gasteiger charge is 2.17. The van der Waals surface area contributed by atoms with Gasteiger partial charge in [-0.15, -0.1) is 11.3 Å². The number of nitrogens with zero attached hydrogens (tertiary/aromatic N) is 2. The third kappa shape index (κ3) is 2.68. The van der Waals surface area contributed by atoms with Crippen LogP contribution in [0.4, 0.5) is 0 Å². The molecule has 0 saturated heterocycles. The predicted molar refractivity (Wildman–Crippen MR) is 71.3 cm³/mol. The van der Waals surface area contributed by atoms with Gasteiger partial charge in [0.25, 0.3) is 0 Å². The molecule has 0 aliphatic rings. The molecule has 0 unspecified atom stereocenters. The zero-order valence-electron chi connectivity index (χ0n) is 9.68. The van der Waals surface area contributed by atoms with Crippen molar-refractivity contribution in [3.63, 3.8) is 0 Å². The van der Waals surface area contributed by atoms with Crippen LogP contribution in [0.1, 0.15) is 28.7 Å². The van der Waals surface area contributed by atoms with Crippen molar-refractivity contribution in [1.82, 2.24) is 9.97 Å². The third-order valence-electron chi connectivity index (χ3n) is 2.32. The average Bonchev–Trinajstić information content (AvgIpc) is 2.75. The molecule has 2 heterocycles. The van der Waals surface area contributed by atoms with E-state index >= 15 is 0 Å². The average molecular weight is 283 g/mol. The Morgan fingerprint density at radius 1 is 1.50 bits per heavy atom. The van der Waals surface area contributed by atoms with Gasteiger partial charge in [0.05, 0.1) is 16.4 Å². The third-order valence-corrected chi connectivity index (χ3v) is 3.66. The summed E-state index contributed by atoms with van der Waals surface area (Å²) in [5, 5.41) is 10.3. The van der Waals surface area contributed by atoms with Crippen LogP contribution in [0.5, 0.6) is 0 Å². The maximum Gasteiger partial charge on any atom is 0.347 e. The van der Waals surface area contributed by atoms with E-state index < -0.39 is 5.97 Å². The van der Waals surface area contributed by atoms with Gasteiger partial charge >= 0.3 is 5.97 Å². The Morgan fingerprint density at radius 2 is 2.28 bits per heavy atom. The van der Waals surface area contributed by atoms with Crippen molar-refractivity contribution in [2.45, 2.75) is 19.8 Å². The zero-order valence-corrected chi connectivity index (χ0v) is 11.3. The summed E-state index contributed by atoms with van der Waals surface area (Å²) in [6, 6.07) is 3.45. The lowest BCUT2D eigenvalue weighted by Gasteiger charge is -1.94. The van der Waals surface area contributed by atoms with E-state index in [9.17, 15) is 4.79 Å². The Kier molecular flexibility index (Phi) is 3.93. The van der Waals surface area contributed by atoms with E-state index in [-0.39, 0.29) is 0 Å². The summed E-state index contributed by atoms with van der Waals surface area (Å²) in [5.41, 5.74) is 1.27. The molecular formula is C12H11ClN2O2S. The monoisotopic (exact) mass is 282 g/mol. The molecule has 2 aromatic heterocycles. The van der Waals surface area contributed by atoms with Gasteiger partial charge in [0.15, 0.2) is 0 Å². The Morgan fingerprint density at radius 3 is 2.83 bits per heavy atom. The Labute approximate surface area is 113 Å². The minimum absolute atomic E-state index is 0.295.